The summed E-state index contributed by atoms with van der Waals surface area (Å²) >= 11 is 0. The molecule has 0 N–H and O–H groups in total. The van der Waals surface area contributed by atoms with Gasteiger partial charge < -0.3 is 19.1 Å². The molecule has 0 aliphatic rings. The van der Waals surface area contributed by atoms with Gasteiger partial charge in [-0.15, -0.1) is 0 Å². The molecule has 0 saturated heterocycles. The molecule has 7 heteroatoms. The van der Waals surface area contributed by atoms with Crippen LogP contribution in [0.5, 0.6) is 0 Å². The van der Waals surface area contributed by atoms with Crippen LogP contribution in [0.3, 0.4) is 0 Å². The Labute approximate surface area is 191 Å². The van der Waals surface area contributed by atoms with Gasteiger partial charge in [0.05, 0.1) is 23.2 Å². The molecule has 0 bridgehead atoms. The maximum atomic E-state index is 12.4. The second-order valence-corrected chi connectivity index (χ2v) is 9.03. The quantitative estimate of drug-likeness (QED) is 0.521. The molecule has 0 saturated carbocycles. The number of anilines is 1. The first-order valence-electron chi connectivity index (χ1n) is 11.2. The van der Waals surface area contributed by atoms with Gasteiger partial charge in [0, 0.05) is 51.1 Å². The SMILES string of the molecule is CCN(CC)c1ccc(-c2nc3cc(C(=O)N(C)C)ccc3n2CCOC(C)(C)C)cn1. The van der Waals surface area contributed by atoms with Gasteiger partial charge in [-0.1, -0.05) is 0 Å². The number of amides is 1. The minimum Gasteiger partial charge on any atom is -0.374 e. The number of pyridine rings is 1. The van der Waals surface area contributed by atoms with Crippen molar-refractivity contribution in [2.24, 2.45) is 0 Å². The monoisotopic (exact) mass is 437 g/mol. The van der Waals surface area contributed by atoms with Crippen molar-refractivity contribution in [2.45, 2.75) is 46.8 Å². The third-order valence-corrected chi connectivity index (χ3v) is 5.34. The molecule has 3 rings (SSSR count). The number of ether oxygens (including phenoxy) is 1. The van der Waals surface area contributed by atoms with Crippen LogP contribution in [0, 0.1) is 0 Å². The fourth-order valence-electron chi connectivity index (χ4n) is 3.66. The number of benzene rings is 1. The van der Waals surface area contributed by atoms with Crippen LogP contribution in [0.25, 0.3) is 22.4 Å². The lowest BCUT2D eigenvalue weighted by molar-refractivity contribution is -0.00636. The summed E-state index contributed by atoms with van der Waals surface area (Å²) in [5.41, 5.74) is 3.11. The van der Waals surface area contributed by atoms with Crippen LogP contribution in [0.15, 0.2) is 36.5 Å². The molecule has 0 unspecified atom stereocenters. The van der Waals surface area contributed by atoms with E-state index in [1.165, 1.54) is 0 Å². The van der Waals surface area contributed by atoms with E-state index >= 15 is 0 Å². The molecule has 32 heavy (non-hydrogen) atoms. The van der Waals surface area contributed by atoms with E-state index in [9.17, 15) is 4.79 Å². The molecule has 0 fully saturated rings. The Balaban J connectivity index is 2.04. The Morgan fingerprint density at radius 1 is 1.09 bits per heavy atom. The van der Waals surface area contributed by atoms with Crippen LogP contribution in [0.2, 0.25) is 0 Å². The van der Waals surface area contributed by atoms with Crippen LogP contribution in [-0.4, -0.2) is 64.7 Å². The van der Waals surface area contributed by atoms with Gasteiger partial charge in [0.1, 0.15) is 11.6 Å². The van der Waals surface area contributed by atoms with Gasteiger partial charge in [-0.3, -0.25) is 4.79 Å². The molecule has 172 valence electrons. The summed E-state index contributed by atoms with van der Waals surface area (Å²) in [6.45, 7) is 13.4. The Bertz CT molecular complexity index is 1060. The molecule has 2 heterocycles. The van der Waals surface area contributed by atoms with Crippen molar-refractivity contribution in [3.8, 4) is 11.4 Å². The average Bonchev–Trinajstić information content (AvgIpc) is 3.11. The molecular weight excluding hydrogens is 402 g/mol. The first kappa shape index (κ1) is 23.7. The standard InChI is InChI=1S/C25H35N5O2/c1-8-29(9-2)22-13-11-19(17-26-22)23-27-20-16-18(24(31)28(6)7)10-12-21(20)30(23)14-15-32-25(3,4)5/h10-13,16-17H,8-9,14-15H2,1-7H3. The number of carbonyl (C=O) groups is 1. The van der Waals surface area contributed by atoms with Gasteiger partial charge in [-0.05, 0) is 65.0 Å². The zero-order chi connectivity index (χ0) is 23.5. The maximum absolute atomic E-state index is 12.4. The number of carbonyl (C=O) groups excluding carboxylic acids is 1. The fraction of sp³-hybridized carbons (Fsp3) is 0.480. The van der Waals surface area contributed by atoms with E-state index in [0.29, 0.717) is 18.7 Å². The molecule has 7 nitrogen and oxygen atoms in total. The number of hydrogen-bond acceptors (Lipinski definition) is 5. The van der Waals surface area contributed by atoms with Gasteiger partial charge in [0.25, 0.3) is 5.91 Å². The van der Waals surface area contributed by atoms with Crippen molar-refractivity contribution in [3.05, 3.63) is 42.1 Å². The highest BCUT2D eigenvalue weighted by molar-refractivity contribution is 5.97. The minimum atomic E-state index is -0.213. The molecule has 1 aromatic carbocycles. The number of rotatable bonds is 8. The molecule has 0 aliphatic heterocycles. The second kappa shape index (κ2) is 9.69. The summed E-state index contributed by atoms with van der Waals surface area (Å²) in [5.74, 6) is 1.74. The number of aromatic nitrogens is 3. The summed E-state index contributed by atoms with van der Waals surface area (Å²) in [7, 11) is 3.51. The second-order valence-electron chi connectivity index (χ2n) is 9.03. The Hall–Kier alpha value is -2.93. The lowest BCUT2D eigenvalue weighted by atomic mass is 10.2. The largest absolute Gasteiger partial charge is 0.374 e. The topological polar surface area (TPSA) is 63.5 Å². The van der Waals surface area contributed by atoms with Crippen LogP contribution >= 0.6 is 0 Å². The first-order valence-corrected chi connectivity index (χ1v) is 11.2. The molecule has 0 spiro atoms. The van der Waals surface area contributed by atoms with E-state index in [-0.39, 0.29) is 11.5 Å². The Morgan fingerprint density at radius 2 is 1.81 bits per heavy atom. The van der Waals surface area contributed by atoms with Crippen molar-refractivity contribution in [2.75, 3.05) is 38.7 Å². The van der Waals surface area contributed by atoms with Crippen molar-refractivity contribution < 1.29 is 9.53 Å². The summed E-state index contributed by atoms with van der Waals surface area (Å²) < 4.78 is 8.14. The van der Waals surface area contributed by atoms with Gasteiger partial charge in [-0.2, -0.15) is 0 Å². The fourth-order valence-corrected chi connectivity index (χ4v) is 3.66. The van der Waals surface area contributed by atoms with Crippen LogP contribution in [-0.2, 0) is 11.3 Å². The van der Waals surface area contributed by atoms with Gasteiger partial charge >= 0.3 is 0 Å². The highest BCUT2D eigenvalue weighted by atomic mass is 16.5. The smallest absolute Gasteiger partial charge is 0.253 e. The third kappa shape index (κ3) is 5.27. The zero-order valence-corrected chi connectivity index (χ0v) is 20.3. The number of nitrogens with zero attached hydrogens (tertiary/aromatic N) is 5. The number of imidazole rings is 1. The molecule has 2 aromatic heterocycles. The van der Waals surface area contributed by atoms with Crippen molar-refractivity contribution in [3.63, 3.8) is 0 Å². The van der Waals surface area contributed by atoms with Crippen LogP contribution in [0.1, 0.15) is 45.0 Å². The number of hydrogen-bond donors (Lipinski definition) is 0. The average molecular weight is 438 g/mol. The minimum absolute atomic E-state index is 0.0377. The Morgan fingerprint density at radius 3 is 2.38 bits per heavy atom. The maximum Gasteiger partial charge on any atom is 0.253 e. The summed E-state index contributed by atoms with van der Waals surface area (Å²) in [6.07, 6.45) is 1.88. The van der Waals surface area contributed by atoms with Gasteiger partial charge in [0.15, 0.2) is 0 Å². The molecule has 1 amide bonds. The summed E-state index contributed by atoms with van der Waals surface area (Å²) in [6, 6.07) is 9.80. The van der Waals surface area contributed by atoms with Crippen molar-refractivity contribution >= 4 is 22.8 Å². The lowest BCUT2D eigenvalue weighted by Gasteiger charge is -2.21. The molecule has 3 aromatic rings. The normalized spacial score (nSPS) is 11.7. The highest BCUT2D eigenvalue weighted by Crippen LogP contribution is 2.27. The summed E-state index contributed by atoms with van der Waals surface area (Å²) in [4.78, 5) is 25.8. The predicted molar refractivity (Wildman–Crippen MR) is 130 cm³/mol. The van der Waals surface area contributed by atoms with E-state index in [2.05, 4.69) is 55.1 Å². The van der Waals surface area contributed by atoms with Gasteiger partial charge in [0.2, 0.25) is 0 Å². The van der Waals surface area contributed by atoms with E-state index in [4.69, 9.17) is 9.72 Å². The zero-order valence-electron chi connectivity index (χ0n) is 20.3. The van der Waals surface area contributed by atoms with E-state index in [0.717, 1.165) is 41.3 Å². The van der Waals surface area contributed by atoms with Crippen molar-refractivity contribution in [1.29, 1.82) is 0 Å². The number of fused-ring (bicyclic) bond motifs is 1. The van der Waals surface area contributed by atoms with Crippen LogP contribution in [0.4, 0.5) is 5.82 Å². The molecular formula is C25H35N5O2. The highest BCUT2D eigenvalue weighted by Gasteiger charge is 2.18. The van der Waals surface area contributed by atoms with Crippen LogP contribution < -0.4 is 4.90 Å². The first-order chi connectivity index (χ1) is 15.1. The summed E-state index contributed by atoms with van der Waals surface area (Å²) in [5, 5.41) is 0. The third-order valence-electron chi connectivity index (χ3n) is 5.34. The Kier molecular flexibility index (Phi) is 7.19. The van der Waals surface area contributed by atoms with Gasteiger partial charge in [-0.25, -0.2) is 9.97 Å². The van der Waals surface area contributed by atoms with E-state index in [1.54, 1.807) is 19.0 Å². The molecule has 0 atom stereocenters. The lowest BCUT2D eigenvalue weighted by Crippen LogP contribution is -2.23. The molecule has 0 aliphatic carbocycles. The van der Waals surface area contributed by atoms with Crippen molar-refractivity contribution in [1.82, 2.24) is 19.4 Å². The predicted octanol–water partition coefficient (Wildman–Crippen LogP) is 4.46. The van der Waals surface area contributed by atoms with E-state index in [1.807, 2.05) is 30.5 Å². The molecule has 0 radical (unpaired) electrons. The van der Waals surface area contributed by atoms with E-state index < -0.39 is 0 Å².